The monoisotopic (exact) mass is 471 g/mol. The number of carbonyl (C=O) groups is 2. The molecular weight excluding hydrogens is 451 g/mol. The number of hydrogen-bond donors (Lipinski definition) is 3. The van der Waals surface area contributed by atoms with Gasteiger partial charge < -0.3 is 14.8 Å². The van der Waals surface area contributed by atoms with Crippen LogP contribution in [-0.2, 0) is 12.6 Å². The molecule has 34 heavy (non-hydrogen) atoms. The molecule has 0 bridgehead atoms. The van der Waals surface area contributed by atoms with Crippen molar-refractivity contribution in [2.24, 2.45) is 5.10 Å². The van der Waals surface area contributed by atoms with Gasteiger partial charge in [0, 0.05) is 28.8 Å². The van der Waals surface area contributed by atoms with Gasteiger partial charge in [-0.25, -0.2) is 5.43 Å². The molecule has 0 spiro atoms. The number of furan rings is 1. The van der Waals surface area contributed by atoms with E-state index in [2.05, 4.69) is 15.8 Å². The smallest absolute Gasteiger partial charge is 0.416 e. The number of hydrazone groups is 1. The van der Waals surface area contributed by atoms with E-state index < -0.39 is 23.6 Å². The Bertz CT molecular complexity index is 1280. The molecule has 4 rings (SSSR count). The molecule has 0 fully saturated rings. The number of rotatable bonds is 4. The van der Waals surface area contributed by atoms with Crippen molar-refractivity contribution in [3.63, 3.8) is 0 Å². The Morgan fingerprint density at radius 3 is 2.50 bits per heavy atom. The second kappa shape index (κ2) is 9.05. The lowest BCUT2D eigenvalue weighted by Gasteiger charge is -2.13. The van der Waals surface area contributed by atoms with Gasteiger partial charge in [0.2, 0.25) is 0 Å². The lowest BCUT2D eigenvalue weighted by molar-refractivity contribution is -0.137. The van der Waals surface area contributed by atoms with Crippen molar-refractivity contribution in [1.29, 1.82) is 0 Å². The summed E-state index contributed by atoms with van der Waals surface area (Å²) < 4.78 is 44.6. The first-order chi connectivity index (χ1) is 16.1. The van der Waals surface area contributed by atoms with Crippen molar-refractivity contribution >= 4 is 23.2 Å². The van der Waals surface area contributed by atoms with Crippen LogP contribution >= 0.6 is 0 Å². The molecule has 3 N–H and O–H groups in total. The fourth-order valence-corrected chi connectivity index (χ4v) is 3.75. The molecule has 0 atom stereocenters. The number of nitrogens with zero attached hydrogens (tertiary/aromatic N) is 1. The molecule has 2 aromatic carbocycles. The van der Waals surface area contributed by atoms with Crippen molar-refractivity contribution in [2.75, 3.05) is 5.32 Å². The number of alkyl halides is 3. The van der Waals surface area contributed by atoms with Crippen molar-refractivity contribution < 1.29 is 32.3 Å². The fourth-order valence-electron chi connectivity index (χ4n) is 3.75. The topological polar surface area (TPSA) is 104 Å². The van der Waals surface area contributed by atoms with E-state index in [1.807, 2.05) is 0 Å². The van der Waals surface area contributed by atoms with Gasteiger partial charge in [0.15, 0.2) is 5.76 Å². The van der Waals surface area contributed by atoms with Crippen LogP contribution in [-0.4, -0.2) is 22.6 Å². The maximum atomic E-state index is 13.0. The number of nitrogens with one attached hydrogen (secondary N) is 2. The van der Waals surface area contributed by atoms with Crippen molar-refractivity contribution in [3.05, 3.63) is 82.3 Å². The van der Waals surface area contributed by atoms with Gasteiger partial charge in [-0.05, 0) is 62.2 Å². The summed E-state index contributed by atoms with van der Waals surface area (Å²) in [6, 6.07) is 10.0. The third-order valence-electron chi connectivity index (χ3n) is 5.40. The number of phenolic OH excluding ortho intramolecular Hbond substituents is 1. The van der Waals surface area contributed by atoms with Crippen LogP contribution in [0.3, 0.4) is 0 Å². The van der Waals surface area contributed by atoms with Crippen LogP contribution in [0, 0.1) is 6.92 Å². The Hall–Kier alpha value is -4.08. The van der Waals surface area contributed by atoms with E-state index >= 15 is 0 Å². The van der Waals surface area contributed by atoms with Gasteiger partial charge in [-0.1, -0.05) is 6.07 Å². The zero-order valence-electron chi connectivity index (χ0n) is 18.0. The number of benzene rings is 2. The van der Waals surface area contributed by atoms with E-state index in [9.17, 15) is 27.9 Å². The molecule has 10 heteroatoms. The summed E-state index contributed by atoms with van der Waals surface area (Å²) in [5.41, 5.74) is 3.52. The Morgan fingerprint density at radius 1 is 1.06 bits per heavy atom. The number of amides is 2. The maximum absolute atomic E-state index is 13.0. The Labute approximate surface area is 192 Å². The van der Waals surface area contributed by atoms with Crippen LogP contribution in [0.5, 0.6) is 5.75 Å². The highest BCUT2D eigenvalue weighted by Crippen LogP contribution is 2.32. The van der Waals surface area contributed by atoms with Gasteiger partial charge in [-0.15, -0.1) is 0 Å². The van der Waals surface area contributed by atoms with E-state index in [0.29, 0.717) is 47.4 Å². The molecular formula is C24H20F3N3O4. The molecule has 176 valence electrons. The van der Waals surface area contributed by atoms with E-state index in [1.54, 1.807) is 6.92 Å². The number of fused-ring (bicyclic) bond motifs is 1. The van der Waals surface area contributed by atoms with Crippen molar-refractivity contribution in [2.45, 2.75) is 32.4 Å². The minimum atomic E-state index is -4.53. The second-order valence-corrected chi connectivity index (χ2v) is 7.79. The molecule has 7 nitrogen and oxygen atoms in total. The standard InChI is InChI=1S/C24H20F3N3O4/c1-13-20-18(29-30-22(32)14-8-10-17(31)11-9-14)6-3-7-19(20)34-21(13)23(33)28-16-5-2-4-15(12-16)24(25,26)27/h2,4-5,8-12,31H,3,6-7H2,1H3,(H,28,33)(H,30,32)/b29-18+. The Balaban J connectivity index is 1.55. The van der Waals surface area contributed by atoms with Gasteiger partial charge in [0.05, 0.1) is 11.3 Å². The van der Waals surface area contributed by atoms with Crippen LogP contribution < -0.4 is 10.7 Å². The average Bonchev–Trinajstić information content (AvgIpc) is 3.15. The Kier molecular flexibility index (Phi) is 6.14. The van der Waals surface area contributed by atoms with E-state index in [0.717, 1.165) is 12.1 Å². The van der Waals surface area contributed by atoms with Crippen LogP contribution in [0.4, 0.5) is 18.9 Å². The summed E-state index contributed by atoms with van der Waals surface area (Å²) in [5.74, 6) is -0.621. The molecule has 1 aliphatic carbocycles. The number of aryl methyl sites for hydroxylation is 1. The largest absolute Gasteiger partial charge is 0.508 e. The summed E-state index contributed by atoms with van der Waals surface area (Å²) >= 11 is 0. The molecule has 0 unspecified atom stereocenters. The highest BCUT2D eigenvalue weighted by molar-refractivity contribution is 6.09. The normalized spacial score (nSPS) is 14.5. The number of phenols is 1. The lowest BCUT2D eigenvalue weighted by Crippen LogP contribution is -2.22. The summed E-state index contributed by atoms with van der Waals surface area (Å²) in [6.07, 6.45) is -2.76. The van der Waals surface area contributed by atoms with Crippen LogP contribution in [0.15, 0.2) is 58.0 Å². The molecule has 1 aromatic heterocycles. The van der Waals surface area contributed by atoms with Gasteiger partial charge in [0.1, 0.15) is 11.5 Å². The predicted molar refractivity (Wildman–Crippen MR) is 118 cm³/mol. The SMILES string of the molecule is Cc1c(C(=O)Nc2cccc(C(F)(F)F)c2)oc2c1/C(=N/NC(=O)c1ccc(O)cc1)CCC2. The highest BCUT2D eigenvalue weighted by atomic mass is 19.4. The lowest BCUT2D eigenvalue weighted by atomic mass is 9.93. The molecule has 0 saturated heterocycles. The quantitative estimate of drug-likeness (QED) is 0.464. The van der Waals surface area contributed by atoms with Gasteiger partial charge in [-0.2, -0.15) is 18.3 Å². The number of anilines is 1. The number of hydrogen-bond acceptors (Lipinski definition) is 5. The molecule has 0 saturated carbocycles. The number of aromatic hydroxyl groups is 1. The fraction of sp³-hybridized carbons (Fsp3) is 0.208. The van der Waals surface area contributed by atoms with Gasteiger partial charge >= 0.3 is 6.18 Å². The third-order valence-corrected chi connectivity index (χ3v) is 5.40. The molecule has 0 aliphatic heterocycles. The van der Waals surface area contributed by atoms with Crippen LogP contribution in [0.2, 0.25) is 0 Å². The minimum absolute atomic E-state index is 0.0105. The number of carbonyl (C=O) groups excluding carboxylic acids is 2. The van der Waals surface area contributed by atoms with E-state index in [-0.39, 0.29) is 17.2 Å². The highest BCUT2D eigenvalue weighted by Gasteiger charge is 2.31. The van der Waals surface area contributed by atoms with Crippen molar-refractivity contribution in [1.82, 2.24) is 5.43 Å². The summed E-state index contributed by atoms with van der Waals surface area (Å²) in [5, 5.41) is 16.0. The van der Waals surface area contributed by atoms with Gasteiger partial charge in [-0.3, -0.25) is 9.59 Å². The maximum Gasteiger partial charge on any atom is 0.416 e. The van der Waals surface area contributed by atoms with E-state index in [4.69, 9.17) is 4.42 Å². The first kappa shape index (κ1) is 23.1. The first-order valence-corrected chi connectivity index (χ1v) is 10.4. The predicted octanol–water partition coefficient (Wildman–Crippen LogP) is 5.04. The molecule has 1 heterocycles. The zero-order valence-corrected chi connectivity index (χ0v) is 18.0. The molecule has 1 aliphatic rings. The summed E-state index contributed by atoms with van der Waals surface area (Å²) in [6.45, 7) is 1.66. The molecule has 3 aromatic rings. The second-order valence-electron chi connectivity index (χ2n) is 7.79. The third kappa shape index (κ3) is 4.80. The minimum Gasteiger partial charge on any atom is -0.508 e. The average molecular weight is 471 g/mol. The van der Waals surface area contributed by atoms with Crippen molar-refractivity contribution in [3.8, 4) is 5.75 Å². The number of halogens is 3. The summed E-state index contributed by atoms with van der Waals surface area (Å²) in [7, 11) is 0. The summed E-state index contributed by atoms with van der Waals surface area (Å²) in [4.78, 5) is 25.1. The Morgan fingerprint density at radius 2 is 1.79 bits per heavy atom. The molecule has 0 radical (unpaired) electrons. The van der Waals surface area contributed by atoms with Crippen LogP contribution in [0.1, 0.15) is 56.2 Å². The zero-order chi connectivity index (χ0) is 24.5. The van der Waals surface area contributed by atoms with Crippen LogP contribution in [0.25, 0.3) is 0 Å². The molecule has 2 amide bonds. The van der Waals surface area contributed by atoms with Gasteiger partial charge in [0.25, 0.3) is 11.8 Å². The van der Waals surface area contributed by atoms with E-state index in [1.165, 1.54) is 36.4 Å². The first-order valence-electron chi connectivity index (χ1n) is 10.4.